The molecule has 3 aromatic heterocycles. The van der Waals surface area contributed by atoms with Gasteiger partial charge in [-0.1, -0.05) is 5.16 Å². The Kier molecular flexibility index (Phi) is 4.95. The standard InChI is InChI=1S/C21H22N4O6/c1-14-11-17(31-23-14)15-12-18(26)25(22-20(15)16-3-2-8-28-16)13-19(27)24-6-4-21(5-7-24)29-9-10-30-21/h2-3,8,11-12H,4-7,9-10,13H2,1H3. The van der Waals surface area contributed by atoms with Gasteiger partial charge in [-0.3, -0.25) is 9.59 Å². The minimum atomic E-state index is -0.560. The van der Waals surface area contributed by atoms with Gasteiger partial charge in [0.2, 0.25) is 5.91 Å². The fourth-order valence-corrected chi connectivity index (χ4v) is 3.99. The van der Waals surface area contributed by atoms with Crippen molar-refractivity contribution in [3.05, 3.63) is 46.6 Å². The summed E-state index contributed by atoms with van der Waals surface area (Å²) in [5.74, 6) is 0.122. The van der Waals surface area contributed by atoms with Crippen LogP contribution in [0.25, 0.3) is 22.8 Å². The largest absolute Gasteiger partial charge is 0.463 e. The summed E-state index contributed by atoms with van der Waals surface area (Å²) in [6, 6.07) is 6.57. The molecular formula is C21H22N4O6. The van der Waals surface area contributed by atoms with Gasteiger partial charge >= 0.3 is 0 Å². The summed E-state index contributed by atoms with van der Waals surface area (Å²) < 4.78 is 23.4. The Balaban J connectivity index is 1.40. The van der Waals surface area contributed by atoms with E-state index >= 15 is 0 Å². The van der Waals surface area contributed by atoms with E-state index in [-0.39, 0.29) is 12.5 Å². The molecule has 10 heteroatoms. The summed E-state index contributed by atoms with van der Waals surface area (Å²) in [7, 11) is 0. The Morgan fingerprint density at radius 1 is 1.16 bits per heavy atom. The fraction of sp³-hybridized carbons (Fsp3) is 0.429. The maximum Gasteiger partial charge on any atom is 0.268 e. The van der Waals surface area contributed by atoms with Crippen molar-refractivity contribution in [1.29, 1.82) is 0 Å². The SMILES string of the molecule is Cc1cc(-c2cc(=O)n(CC(=O)N3CCC4(CC3)OCCO4)nc2-c2ccco2)on1. The number of carbonyl (C=O) groups excluding carboxylic acids is 1. The Bertz CT molecular complexity index is 1130. The number of aryl methyl sites for hydroxylation is 1. The lowest BCUT2D eigenvalue weighted by molar-refractivity contribution is -0.187. The topological polar surface area (TPSA) is 113 Å². The molecule has 1 amide bonds. The van der Waals surface area contributed by atoms with Gasteiger partial charge in [-0.15, -0.1) is 0 Å². The number of aromatic nitrogens is 3. The highest BCUT2D eigenvalue weighted by Crippen LogP contribution is 2.32. The third-order valence-corrected chi connectivity index (χ3v) is 5.62. The Hall–Kier alpha value is -3.24. The number of carbonyl (C=O) groups is 1. The number of piperidine rings is 1. The zero-order valence-corrected chi connectivity index (χ0v) is 17.1. The third-order valence-electron chi connectivity index (χ3n) is 5.62. The summed E-state index contributed by atoms with van der Waals surface area (Å²) >= 11 is 0. The molecule has 5 rings (SSSR count). The molecule has 0 aromatic carbocycles. The van der Waals surface area contributed by atoms with Gasteiger partial charge in [0.15, 0.2) is 17.3 Å². The van der Waals surface area contributed by atoms with Crippen molar-refractivity contribution in [3.63, 3.8) is 0 Å². The van der Waals surface area contributed by atoms with Crippen molar-refractivity contribution in [2.24, 2.45) is 0 Å². The minimum Gasteiger partial charge on any atom is -0.463 e. The predicted molar refractivity (Wildman–Crippen MR) is 107 cm³/mol. The van der Waals surface area contributed by atoms with E-state index in [2.05, 4.69) is 10.3 Å². The summed E-state index contributed by atoms with van der Waals surface area (Å²) in [4.78, 5) is 27.3. The Morgan fingerprint density at radius 2 is 1.94 bits per heavy atom. The Labute approximate surface area is 177 Å². The van der Waals surface area contributed by atoms with E-state index in [0.717, 1.165) is 4.68 Å². The van der Waals surface area contributed by atoms with Crippen LogP contribution in [-0.2, 0) is 20.8 Å². The van der Waals surface area contributed by atoms with Crippen LogP contribution >= 0.6 is 0 Å². The van der Waals surface area contributed by atoms with E-state index < -0.39 is 11.3 Å². The molecular weight excluding hydrogens is 404 g/mol. The second-order valence-corrected chi connectivity index (χ2v) is 7.70. The van der Waals surface area contributed by atoms with Gasteiger partial charge in [0, 0.05) is 38.1 Å². The highest BCUT2D eigenvalue weighted by molar-refractivity contribution is 5.77. The Morgan fingerprint density at radius 3 is 2.58 bits per heavy atom. The monoisotopic (exact) mass is 426 g/mol. The molecule has 2 aliphatic rings. The predicted octanol–water partition coefficient (Wildman–Crippen LogP) is 1.83. The first-order valence-corrected chi connectivity index (χ1v) is 10.2. The molecule has 5 heterocycles. The van der Waals surface area contributed by atoms with E-state index in [1.165, 1.54) is 12.3 Å². The lowest BCUT2D eigenvalue weighted by atomic mass is 10.0. The number of nitrogens with zero attached hydrogens (tertiary/aromatic N) is 4. The van der Waals surface area contributed by atoms with Gasteiger partial charge in [0.05, 0.1) is 30.7 Å². The van der Waals surface area contributed by atoms with Crippen LogP contribution in [0.4, 0.5) is 0 Å². The van der Waals surface area contributed by atoms with E-state index in [1.54, 1.807) is 30.0 Å². The number of hydrogen-bond acceptors (Lipinski definition) is 8. The maximum absolute atomic E-state index is 12.9. The first kappa shape index (κ1) is 19.7. The molecule has 10 nitrogen and oxygen atoms in total. The van der Waals surface area contributed by atoms with Gasteiger partial charge < -0.3 is 23.3 Å². The van der Waals surface area contributed by atoms with Crippen LogP contribution in [-0.4, -0.2) is 57.8 Å². The number of hydrogen-bond donors (Lipinski definition) is 0. The lowest BCUT2D eigenvalue weighted by Crippen LogP contribution is -2.48. The van der Waals surface area contributed by atoms with Gasteiger partial charge in [-0.05, 0) is 19.1 Å². The van der Waals surface area contributed by atoms with Crippen LogP contribution in [0.3, 0.4) is 0 Å². The molecule has 2 saturated heterocycles. The van der Waals surface area contributed by atoms with Crippen LogP contribution < -0.4 is 5.56 Å². The van der Waals surface area contributed by atoms with E-state index in [0.29, 0.717) is 67.6 Å². The number of ether oxygens (including phenoxy) is 2. The lowest BCUT2D eigenvalue weighted by Gasteiger charge is -2.37. The summed E-state index contributed by atoms with van der Waals surface area (Å²) in [6.07, 6.45) is 2.74. The number of likely N-dealkylation sites (tertiary alicyclic amines) is 1. The number of furan rings is 1. The average Bonchev–Trinajstić information content (AvgIpc) is 3.53. The molecule has 0 bridgehead atoms. The van der Waals surface area contributed by atoms with Crippen molar-refractivity contribution < 1.29 is 23.2 Å². The molecule has 0 radical (unpaired) electrons. The van der Waals surface area contributed by atoms with Crippen LogP contribution in [0.2, 0.25) is 0 Å². The van der Waals surface area contributed by atoms with Crippen molar-refractivity contribution in [2.45, 2.75) is 32.1 Å². The second-order valence-electron chi connectivity index (χ2n) is 7.70. The first-order valence-electron chi connectivity index (χ1n) is 10.2. The normalized spacial score (nSPS) is 18.0. The molecule has 0 saturated carbocycles. The highest BCUT2D eigenvalue weighted by Gasteiger charge is 2.40. The minimum absolute atomic E-state index is 0.170. The van der Waals surface area contributed by atoms with Crippen LogP contribution in [0.5, 0.6) is 0 Å². The van der Waals surface area contributed by atoms with Crippen LogP contribution in [0, 0.1) is 6.92 Å². The molecule has 3 aromatic rings. The van der Waals surface area contributed by atoms with E-state index in [9.17, 15) is 9.59 Å². The highest BCUT2D eigenvalue weighted by atomic mass is 16.7. The molecule has 31 heavy (non-hydrogen) atoms. The molecule has 2 fully saturated rings. The van der Waals surface area contributed by atoms with E-state index in [4.69, 9.17) is 18.4 Å². The molecule has 2 aliphatic heterocycles. The summed E-state index contributed by atoms with van der Waals surface area (Å²) in [6.45, 7) is 3.80. The fourth-order valence-electron chi connectivity index (χ4n) is 3.99. The molecule has 0 unspecified atom stereocenters. The van der Waals surface area contributed by atoms with Crippen molar-refractivity contribution >= 4 is 5.91 Å². The van der Waals surface area contributed by atoms with Gasteiger partial charge in [0.25, 0.3) is 5.56 Å². The third kappa shape index (κ3) is 3.79. The van der Waals surface area contributed by atoms with Crippen molar-refractivity contribution in [2.75, 3.05) is 26.3 Å². The van der Waals surface area contributed by atoms with Crippen molar-refractivity contribution in [1.82, 2.24) is 19.8 Å². The maximum atomic E-state index is 12.9. The van der Waals surface area contributed by atoms with Gasteiger partial charge in [-0.25, -0.2) is 4.68 Å². The molecule has 0 N–H and O–H groups in total. The second kappa shape index (κ2) is 7.78. The molecule has 162 valence electrons. The van der Waals surface area contributed by atoms with Gasteiger partial charge in [-0.2, -0.15) is 5.10 Å². The zero-order chi connectivity index (χ0) is 21.4. The number of rotatable bonds is 4. The average molecular weight is 426 g/mol. The van der Waals surface area contributed by atoms with E-state index in [1.807, 2.05) is 0 Å². The zero-order valence-electron chi connectivity index (χ0n) is 17.1. The molecule has 1 spiro atoms. The summed E-state index contributed by atoms with van der Waals surface area (Å²) in [5.41, 5.74) is 1.13. The molecule has 0 atom stereocenters. The summed E-state index contributed by atoms with van der Waals surface area (Å²) in [5, 5.41) is 8.32. The van der Waals surface area contributed by atoms with Gasteiger partial charge in [0.1, 0.15) is 12.2 Å². The quantitative estimate of drug-likeness (QED) is 0.621. The van der Waals surface area contributed by atoms with Crippen molar-refractivity contribution in [3.8, 4) is 22.8 Å². The number of amides is 1. The van der Waals surface area contributed by atoms with Crippen LogP contribution in [0.15, 0.2) is 44.3 Å². The first-order chi connectivity index (χ1) is 15.0. The smallest absolute Gasteiger partial charge is 0.268 e. The van der Waals surface area contributed by atoms with Crippen LogP contribution in [0.1, 0.15) is 18.5 Å². The molecule has 0 aliphatic carbocycles.